The zero-order chi connectivity index (χ0) is 11.9. The Hall–Kier alpha value is -0.990. The molecule has 0 heterocycles. The van der Waals surface area contributed by atoms with E-state index in [2.05, 4.69) is 0 Å². The lowest BCUT2D eigenvalue weighted by molar-refractivity contribution is 0.213. The Morgan fingerprint density at radius 3 is 2.31 bits per heavy atom. The van der Waals surface area contributed by atoms with Crippen LogP contribution in [0.15, 0.2) is 12.1 Å². The van der Waals surface area contributed by atoms with Crippen molar-refractivity contribution < 1.29 is 13.2 Å². The maximum atomic E-state index is 13.6. The second-order valence-electron chi connectivity index (χ2n) is 5.04. The van der Waals surface area contributed by atoms with Crippen LogP contribution in [0.2, 0.25) is 0 Å². The van der Waals surface area contributed by atoms with Crippen molar-refractivity contribution in [3.63, 3.8) is 0 Å². The number of rotatable bonds is 3. The fourth-order valence-corrected chi connectivity index (χ4v) is 1.83. The molecule has 1 saturated carbocycles. The van der Waals surface area contributed by atoms with Gasteiger partial charge in [0.25, 0.3) is 0 Å². The first-order valence-corrected chi connectivity index (χ1v) is 5.55. The minimum atomic E-state index is -1.84. The normalized spacial score (nSPS) is 16.6. The van der Waals surface area contributed by atoms with Crippen molar-refractivity contribution >= 4 is 0 Å². The zero-order valence-corrected chi connectivity index (χ0v) is 9.49. The molecule has 88 valence electrons. The van der Waals surface area contributed by atoms with Crippen molar-refractivity contribution in [1.82, 2.24) is 0 Å². The fraction of sp³-hybridized carbons (Fsp3) is 0.538. The summed E-state index contributed by atoms with van der Waals surface area (Å²) in [6.07, 6.45) is 2.73. The molecule has 0 radical (unpaired) electrons. The summed E-state index contributed by atoms with van der Waals surface area (Å²) in [5.41, 5.74) is -1.68. The van der Waals surface area contributed by atoms with Crippen molar-refractivity contribution in [2.45, 2.75) is 38.8 Å². The average molecular weight is 228 g/mol. The van der Waals surface area contributed by atoms with Gasteiger partial charge in [0.1, 0.15) is 17.3 Å². The van der Waals surface area contributed by atoms with Crippen molar-refractivity contribution in [1.29, 1.82) is 0 Å². The van der Waals surface area contributed by atoms with E-state index in [1.54, 1.807) is 0 Å². The first kappa shape index (κ1) is 11.5. The smallest absolute Gasteiger partial charge is 0.133 e. The van der Waals surface area contributed by atoms with Gasteiger partial charge in [-0.25, -0.2) is 13.2 Å². The highest BCUT2D eigenvalue weighted by Crippen LogP contribution is 2.35. The van der Waals surface area contributed by atoms with Gasteiger partial charge in [-0.15, -0.1) is 0 Å². The summed E-state index contributed by atoms with van der Waals surface area (Å²) in [5, 5.41) is 0. The van der Waals surface area contributed by atoms with Crippen LogP contribution in [-0.2, 0) is 12.1 Å². The predicted octanol–water partition coefficient (Wildman–Crippen LogP) is 4.12. The van der Waals surface area contributed by atoms with Crippen LogP contribution in [0.4, 0.5) is 13.2 Å². The molecule has 3 heteroatoms. The maximum Gasteiger partial charge on any atom is 0.133 e. The monoisotopic (exact) mass is 228 g/mol. The van der Waals surface area contributed by atoms with Crippen LogP contribution in [0.1, 0.15) is 37.8 Å². The average Bonchev–Trinajstić information content (AvgIpc) is 2.92. The molecule has 1 aromatic rings. The van der Waals surface area contributed by atoms with Crippen LogP contribution in [0, 0.1) is 17.6 Å². The molecule has 2 rings (SSSR count). The molecular formula is C13H15F3. The predicted molar refractivity (Wildman–Crippen MR) is 56.9 cm³/mol. The van der Waals surface area contributed by atoms with Crippen LogP contribution in [0.25, 0.3) is 0 Å². The molecule has 1 aliphatic rings. The summed E-state index contributed by atoms with van der Waals surface area (Å²) >= 11 is 0. The Kier molecular flexibility index (Phi) is 2.72. The lowest BCUT2D eigenvalue weighted by Gasteiger charge is -2.16. The first-order chi connectivity index (χ1) is 7.38. The minimum absolute atomic E-state index is 0.204. The fourth-order valence-electron chi connectivity index (χ4n) is 1.83. The summed E-state index contributed by atoms with van der Waals surface area (Å²) in [4.78, 5) is 0. The van der Waals surface area contributed by atoms with Gasteiger partial charge in [0, 0.05) is 5.56 Å². The Morgan fingerprint density at radius 1 is 1.19 bits per heavy atom. The molecule has 0 bridgehead atoms. The van der Waals surface area contributed by atoms with Gasteiger partial charge in [0.05, 0.1) is 0 Å². The van der Waals surface area contributed by atoms with E-state index in [9.17, 15) is 13.2 Å². The van der Waals surface area contributed by atoms with E-state index in [0.29, 0.717) is 17.9 Å². The van der Waals surface area contributed by atoms with Crippen LogP contribution < -0.4 is 0 Å². The van der Waals surface area contributed by atoms with Crippen molar-refractivity contribution in [3.8, 4) is 0 Å². The standard InChI is InChI=1S/C13H15F3/c1-13(2,16)10-7-11(14)9(6-12(10)15)5-8-3-4-8/h6-8H,3-5H2,1-2H3. The van der Waals surface area contributed by atoms with Crippen molar-refractivity contribution in [2.75, 3.05) is 0 Å². The molecule has 0 spiro atoms. The van der Waals surface area contributed by atoms with E-state index >= 15 is 0 Å². The number of hydrogen-bond donors (Lipinski definition) is 0. The van der Waals surface area contributed by atoms with Crippen molar-refractivity contribution in [3.05, 3.63) is 34.9 Å². The number of alkyl halides is 1. The SMILES string of the molecule is CC(C)(F)c1cc(F)c(CC2CC2)cc1F. The molecule has 16 heavy (non-hydrogen) atoms. The van der Waals surface area contributed by atoms with E-state index < -0.39 is 17.3 Å². The molecule has 0 saturated heterocycles. The largest absolute Gasteiger partial charge is 0.239 e. The van der Waals surface area contributed by atoms with Gasteiger partial charge in [0.2, 0.25) is 0 Å². The quantitative estimate of drug-likeness (QED) is 0.730. The van der Waals surface area contributed by atoms with E-state index in [1.165, 1.54) is 13.8 Å². The molecule has 0 aliphatic heterocycles. The van der Waals surface area contributed by atoms with Gasteiger partial charge in [0.15, 0.2) is 0 Å². The highest BCUT2D eigenvalue weighted by atomic mass is 19.1. The van der Waals surface area contributed by atoms with Crippen LogP contribution >= 0.6 is 0 Å². The second kappa shape index (κ2) is 3.79. The van der Waals surface area contributed by atoms with Crippen LogP contribution in [-0.4, -0.2) is 0 Å². The number of hydrogen-bond acceptors (Lipinski definition) is 0. The molecule has 0 N–H and O–H groups in total. The Morgan fingerprint density at radius 2 is 1.81 bits per heavy atom. The van der Waals surface area contributed by atoms with Gasteiger partial charge in [-0.1, -0.05) is 0 Å². The number of halogens is 3. The molecule has 0 amide bonds. The van der Waals surface area contributed by atoms with Crippen molar-refractivity contribution in [2.24, 2.45) is 5.92 Å². The van der Waals surface area contributed by atoms with Crippen LogP contribution in [0.3, 0.4) is 0 Å². The Balaban J connectivity index is 2.33. The molecule has 0 nitrogen and oxygen atoms in total. The van der Waals surface area contributed by atoms with Gasteiger partial charge >= 0.3 is 0 Å². The molecule has 1 aliphatic carbocycles. The molecule has 0 atom stereocenters. The minimum Gasteiger partial charge on any atom is -0.239 e. The van der Waals surface area contributed by atoms with E-state index in [4.69, 9.17) is 0 Å². The third-order valence-corrected chi connectivity index (χ3v) is 2.98. The molecular weight excluding hydrogens is 213 g/mol. The van der Waals surface area contributed by atoms with E-state index in [0.717, 1.165) is 25.0 Å². The summed E-state index contributed by atoms with van der Waals surface area (Å²) < 4.78 is 40.8. The topological polar surface area (TPSA) is 0 Å². The lowest BCUT2D eigenvalue weighted by atomic mass is 9.96. The second-order valence-corrected chi connectivity index (χ2v) is 5.04. The Labute approximate surface area is 93.5 Å². The summed E-state index contributed by atoms with van der Waals surface area (Å²) in [5.74, 6) is -0.656. The molecule has 1 aromatic carbocycles. The highest BCUT2D eigenvalue weighted by molar-refractivity contribution is 5.30. The third-order valence-electron chi connectivity index (χ3n) is 2.98. The maximum absolute atomic E-state index is 13.6. The van der Waals surface area contributed by atoms with Gasteiger partial charge in [-0.3, -0.25) is 0 Å². The zero-order valence-electron chi connectivity index (χ0n) is 9.49. The van der Waals surface area contributed by atoms with Gasteiger partial charge in [-0.05, 0) is 56.7 Å². The summed E-state index contributed by atoms with van der Waals surface area (Å²) in [6.45, 7) is 2.46. The van der Waals surface area contributed by atoms with E-state index in [1.807, 2.05) is 0 Å². The number of benzene rings is 1. The van der Waals surface area contributed by atoms with Gasteiger partial charge in [-0.2, -0.15) is 0 Å². The third kappa shape index (κ3) is 2.39. The van der Waals surface area contributed by atoms with Gasteiger partial charge < -0.3 is 0 Å². The Bertz CT molecular complexity index is 400. The van der Waals surface area contributed by atoms with Crippen LogP contribution in [0.5, 0.6) is 0 Å². The van der Waals surface area contributed by atoms with E-state index in [-0.39, 0.29) is 5.56 Å². The lowest BCUT2D eigenvalue weighted by Crippen LogP contribution is -2.13. The highest BCUT2D eigenvalue weighted by Gasteiger charge is 2.27. The molecule has 0 unspecified atom stereocenters. The molecule has 0 aromatic heterocycles. The first-order valence-electron chi connectivity index (χ1n) is 5.55. The summed E-state index contributed by atoms with van der Waals surface area (Å²) in [6, 6.07) is 2.14. The molecule has 1 fully saturated rings. The summed E-state index contributed by atoms with van der Waals surface area (Å²) in [7, 11) is 0.